The van der Waals surface area contributed by atoms with Gasteiger partial charge >= 0.3 is 0 Å². The van der Waals surface area contributed by atoms with Gasteiger partial charge in [0.15, 0.2) is 0 Å². The van der Waals surface area contributed by atoms with E-state index in [1.807, 2.05) is 11.3 Å². The highest BCUT2D eigenvalue weighted by molar-refractivity contribution is 7.11. The smallest absolute Gasteiger partial charge is 0.0330 e. The molecule has 1 aromatic heterocycles. The number of rotatable bonds is 6. The molecule has 2 heterocycles. The van der Waals surface area contributed by atoms with Crippen LogP contribution >= 0.6 is 11.3 Å². The van der Waals surface area contributed by atoms with E-state index < -0.39 is 0 Å². The van der Waals surface area contributed by atoms with E-state index in [4.69, 9.17) is 0 Å². The Morgan fingerprint density at radius 2 is 2.11 bits per heavy atom. The molecule has 0 aromatic carbocycles. The minimum atomic E-state index is 0.704. The second-order valence-corrected chi connectivity index (χ2v) is 6.97. The predicted molar refractivity (Wildman–Crippen MR) is 84.9 cm³/mol. The third-order valence-corrected chi connectivity index (χ3v) is 5.34. The topological polar surface area (TPSA) is 15.3 Å². The van der Waals surface area contributed by atoms with Crippen molar-refractivity contribution in [1.29, 1.82) is 0 Å². The first kappa shape index (κ1) is 15.0. The van der Waals surface area contributed by atoms with Crippen molar-refractivity contribution in [3.63, 3.8) is 0 Å². The van der Waals surface area contributed by atoms with E-state index in [1.54, 1.807) is 0 Å². The molecule has 1 fully saturated rings. The fourth-order valence-corrected chi connectivity index (χ4v) is 3.87. The first-order valence-corrected chi connectivity index (χ1v) is 8.59. The van der Waals surface area contributed by atoms with Gasteiger partial charge in [0.1, 0.15) is 0 Å². The summed E-state index contributed by atoms with van der Waals surface area (Å²) in [5.41, 5.74) is 0. The molecule has 2 atom stereocenters. The van der Waals surface area contributed by atoms with Crippen molar-refractivity contribution in [3.05, 3.63) is 21.9 Å². The maximum Gasteiger partial charge on any atom is 0.0330 e. The second-order valence-electron chi connectivity index (χ2n) is 5.72. The first-order valence-electron chi connectivity index (χ1n) is 7.78. The van der Waals surface area contributed by atoms with Crippen LogP contribution in [0.25, 0.3) is 0 Å². The standard InChI is InChI=1S/C16H28N2S/c1-4-9-17-14-8-10-18(13(3)11-14)12-16-7-6-15(5-2)19-16/h6-7,13-14,17H,4-5,8-12H2,1-3H3. The zero-order valence-electron chi connectivity index (χ0n) is 12.6. The van der Waals surface area contributed by atoms with Crippen molar-refractivity contribution in [1.82, 2.24) is 10.2 Å². The van der Waals surface area contributed by atoms with Crippen LogP contribution in [0.1, 0.15) is 49.8 Å². The lowest BCUT2D eigenvalue weighted by Crippen LogP contribution is -2.47. The van der Waals surface area contributed by atoms with E-state index in [9.17, 15) is 0 Å². The Bertz CT molecular complexity index is 375. The molecule has 1 saturated heterocycles. The molecular weight excluding hydrogens is 252 g/mol. The van der Waals surface area contributed by atoms with E-state index in [0.29, 0.717) is 6.04 Å². The minimum absolute atomic E-state index is 0.704. The molecule has 108 valence electrons. The molecule has 2 unspecified atom stereocenters. The lowest BCUT2D eigenvalue weighted by Gasteiger charge is -2.37. The van der Waals surface area contributed by atoms with Crippen molar-refractivity contribution >= 4 is 11.3 Å². The van der Waals surface area contributed by atoms with Gasteiger partial charge in [0.2, 0.25) is 0 Å². The number of hydrogen-bond acceptors (Lipinski definition) is 3. The van der Waals surface area contributed by atoms with Crippen molar-refractivity contribution < 1.29 is 0 Å². The Hall–Kier alpha value is -0.380. The lowest BCUT2D eigenvalue weighted by atomic mass is 9.98. The van der Waals surface area contributed by atoms with Gasteiger partial charge in [-0.1, -0.05) is 13.8 Å². The van der Waals surface area contributed by atoms with Gasteiger partial charge in [0.05, 0.1) is 0 Å². The Kier molecular flexibility index (Phi) is 5.86. The van der Waals surface area contributed by atoms with Gasteiger partial charge in [0, 0.05) is 34.9 Å². The van der Waals surface area contributed by atoms with Crippen LogP contribution in [0.5, 0.6) is 0 Å². The molecule has 0 saturated carbocycles. The van der Waals surface area contributed by atoms with Crippen LogP contribution in [0.2, 0.25) is 0 Å². The van der Waals surface area contributed by atoms with Gasteiger partial charge in [0.25, 0.3) is 0 Å². The van der Waals surface area contributed by atoms with Gasteiger partial charge in [-0.05, 0) is 51.3 Å². The summed E-state index contributed by atoms with van der Waals surface area (Å²) >= 11 is 1.99. The van der Waals surface area contributed by atoms with Crippen molar-refractivity contribution in [2.24, 2.45) is 0 Å². The SMILES string of the molecule is CCCNC1CCN(Cc2ccc(CC)s2)C(C)C1. The second kappa shape index (κ2) is 7.41. The normalized spacial score (nSPS) is 24.8. The molecule has 1 aromatic rings. The summed E-state index contributed by atoms with van der Waals surface area (Å²) < 4.78 is 0. The summed E-state index contributed by atoms with van der Waals surface area (Å²) in [6.45, 7) is 10.4. The van der Waals surface area contributed by atoms with Crippen molar-refractivity contribution in [2.45, 2.75) is 65.1 Å². The molecular formula is C16H28N2S. The molecule has 1 aliphatic rings. The Labute approximate surface area is 122 Å². The number of hydrogen-bond donors (Lipinski definition) is 1. The summed E-state index contributed by atoms with van der Waals surface area (Å²) in [4.78, 5) is 5.70. The highest BCUT2D eigenvalue weighted by Crippen LogP contribution is 2.24. The molecule has 3 heteroatoms. The molecule has 0 bridgehead atoms. The maximum atomic E-state index is 3.68. The number of nitrogens with zero attached hydrogens (tertiary/aromatic N) is 1. The molecule has 0 amide bonds. The average molecular weight is 280 g/mol. The predicted octanol–water partition coefficient (Wildman–Crippen LogP) is 3.66. The zero-order valence-corrected chi connectivity index (χ0v) is 13.4. The highest BCUT2D eigenvalue weighted by Gasteiger charge is 2.25. The molecule has 19 heavy (non-hydrogen) atoms. The van der Waals surface area contributed by atoms with Gasteiger partial charge in [-0.15, -0.1) is 11.3 Å². The molecule has 2 nitrogen and oxygen atoms in total. The minimum Gasteiger partial charge on any atom is -0.314 e. The van der Waals surface area contributed by atoms with E-state index in [2.05, 4.69) is 43.1 Å². The summed E-state index contributed by atoms with van der Waals surface area (Å²) in [7, 11) is 0. The van der Waals surface area contributed by atoms with Crippen LogP contribution in [0.15, 0.2) is 12.1 Å². The average Bonchev–Trinajstić information content (AvgIpc) is 2.87. The Morgan fingerprint density at radius 1 is 1.32 bits per heavy atom. The van der Waals surface area contributed by atoms with Crippen LogP contribution < -0.4 is 5.32 Å². The third-order valence-electron chi connectivity index (χ3n) is 4.12. The van der Waals surface area contributed by atoms with Crippen LogP contribution in [-0.4, -0.2) is 30.1 Å². The first-order chi connectivity index (χ1) is 9.22. The molecule has 1 aliphatic heterocycles. The van der Waals surface area contributed by atoms with E-state index in [1.165, 1.54) is 48.5 Å². The number of piperidine rings is 1. The molecule has 0 aliphatic carbocycles. The van der Waals surface area contributed by atoms with Crippen LogP contribution in [0, 0.1) is 0 Å². The molecule has 1 N–H and O–H groups in total. The Balaban J connectivity index is 1.82. The lowest BCUT2D eigenvalue weighted by molar-refractivity contribution is 0.130. The number of likely N-dealkylation sites (tertiary alicyclic amines) is 1. The Morgan fingerprint density at radius 3 is 2.74 bits per heavy atom. The maximum absolute atomic E-state index is 3.68. The van der Waals surface area contributed by atoms with Crippen molar-refractivity contribution in [2.75, 3.05) is 13.1 Å². The highest BCUT2D eigenvalue weighted by atomic mass is 32.1. The number of nitrogens with one attached hydrogen (secondary N) is 1. The largest absolute Gasteiger partial charge is 0.314 e. The summed E-state index contributed by atoms with van der Waals surface area (Å²) in [6, 6.07) is 6.05. The summed E-state index contributed by atoms with van der Waals surface area (Å²) in [6.07, 6.45) is 5.01. The van der Waals surface area contributed by atoms with Gasteiger partial charge in [-0.3, -0.25) is 4.90 Å². The molecule has 0 radical (unpaired) electrons. The van der Waals surface area contributed by atoms with E-state index in [-0.39, 0.29) is 0 Å². The number of thiophene rings is 1. The quantitative estimate of drug-likeness (QED) is 0.855. The van der Waals surface area contributed by atoms with Crippen LogP contribution in [0.3, 0.4) is 0 Å². The number of aryl methyl sites for hydroxylation is 1. The van der Waals surface area contributed by atoms with Gasteiger partial charge < -0.3 is 5.32 Å². The third kappa shape index (κ3) is 4.30. The van der Waals surface area contributed by atoms with Crippen molar-refractivity contribution in [3.8, 4) is 0 Å². The van der Waals surface area contributed by atoms with Gasteiger partial charge in [-0.25, -0.2) is 0 Å². The fourth-order valence-electron chi connectivity index (χ4n) is 2.89. The summed E-state index contributed by atoms with van der Waals surface area (Å²) in [5.74, 6) is 0. The molecule has 0 spiro atoms. The van der Waals surface area contributed by atoms with E-state index >= 15 is 0 Å². The van der Waals surface area contributed by atoms with Gasteiger partial charge in [-0.2, -0.15) is 0 Å². The fraction of sp³-hybridized carbons (Fsp3) is 0.750. The van der Waals surface area contributed by atoms with Crippen LogP contribution in [-0.2, 0) is 13.0 Å². The van der Waals surface area contributed by atoms with E-state index in [0.717, 1.165) is 12.6 Å². The molecule has 2 rings (SSSR count). The summed E-state index contributed by atoms with van der Waals surface area (Å²) in [5, 5.41) is 3.68. The monoisotopic (exact) mass is 280 g/mol. The zero-order chi connectivity index (χ0) is 13.7. The van der Waals surface area contributed by atoms with Crippen LogP contribution in [0.4, 0.5) is 0 Å².